The predicted molar refractivity (Wildman–Crippen MR) is 489 cm³/mol. The first-order chi connectivity index (χ1) is 56.7. The molecule has 7 N–H and O–H groups in total. The average Bonchev–Trinajstić information content (AvgIpc) is 1.63. The molecule has 11 aromatic rings. The number of aromatic amines is 3. The number of hydrogen-bond acceptors (Lipinski definition) is 15. The van der Waals surface area contributed by atoms with Gasteiger partial charge in [-0.05, 0) is 127 Å². The number of sulfonamides is 1. The van der Waals surface area contributed by atoms with Crippen LogP contribution in [0.2, 0.25) is 0 Å². The number of nitrogens with one attached hydrogen (secondary N) is 7. The van der Waals surface area contributed by atoms with Crippen molar-refractivity contribution < 1.29 is 39.5 Å². The van der Waals surface area contributed by atoms with Crippen molar-refractivity contribution in [3.8, 4) is 45.8 Å². The van der Waals surface area contributed by atoms with E-state index in [4.69, 9.17) is 27.9 Å². The highest BCUT2D eigenvalue weighted by Gasteiger charge is 2.26. The van der Waals surface area contributed by atoms with Crippen molar-refractivity contribution in [2.45, 2.75) is 293 Å². The lowest BCUT2D eigenvalue weighted by Crippen LogP contribution is -2.26. The van der Waals surface area contributed by atoms with Crippen LogP contribution in [0.3, 0.4) is 0 Å². The van der Waals surface area contributed by atoms with E-state index in [0.717, 1.165) is 94.0 Å². The Morgan fingerprint density at radius 2 is 0.917 bits per heavy atom. The van der Waals surface area contributed by atoms with E-state index in [2.05, 4.69) is 173 Å². The zero-order valence-corrected chi connectivity index (χ0v) is 77.3. The first kappa shape index (κ1) is 94.3. The zero-order chi connectivity index (χ0) is 87.2. The van der Waals surface area contributed by atoms with Gasteiger partial charge >= 0.3 is 22.5 Å². The molecule has 2 unspecified atom stereocenters. The second-order valence-electron chi connectivity index (χ2n) is 36.9. The van der Waals surface area contributed by atoms with E-state index in [1.807, 2.05) is 108 Å². The molecule has 0 radical (unpaired) electrons. The second-order valence-corrected chi connectivity index (χ2v) is 40.3. The number of carbonyl (C=O) groups is 1. The van der Waals surface area contributed by atoms with E-state index in [9.17, 15) is 21.6 Å². The van der Waals surface area contributed by atoms with Gasteiger partial charge in [0.2, 0.25) is 10.0 Å². The number of benzene rings is 5. The van der Waals surface area contributed by atoms with Gasteiger partial charge in [0.05, 0.1) is 30.8 Å². The summed E-state index contributed by atoms with van der Waals surface area (Å²) >= 11 is -4.16. The lowest BCUT2D eigenvalue weighted by atomic mass is 9.87. The summed E-state index contributed by atoms with van der Waals surface area (Å²) in [6.07, 6.45) is 26.4. The van der Waals surface area contributed by atoms with Crippen molar-refractivity contribution in [1.29, 1.82) is 0 Å². The fraction of sp³-hybridized carbons (Fsp3) is 0.533. The molecule has 6 aromatic heterocycles. The highest BCUT2D eigenvalue weighted by Crippen LogP contribution is 2.38. The maximum Gasteiger partial charge on any atom is 0.316 e. The Labute approximate surface area is 717 Å². The van der Waals surface area contributed by atoms with Crippen LogP contribution in [0.25, 0.3) is 39.7 Å². The highest BCUT2D eigenvalue weighted by atomic mass is 32.2. The summed E-state index contributed by atoms with van der Waals surface area (Å²) in [6.45, 7) is 41.9. The van der Waals surface area contributed by atoms with Crippen LogP contribution in [0.1, 0.15) is 302 Å². The largest absolute Gasteiger partial charge is 0.490 e. The molecule has 25 nitrogen and oxygen atoms in total. The monoisotopic (exact) mass is 1700 g/mol. The number of fused-ring (bicyclic) bond motifs is 3. The molecule has 0 aliphatic rings. The lowest BCUT2D eigenvalue weighted by molar-refractivity contribution is 0.0953. The Morgan fingerprint density at radius 3 is 1.39 bits per heavy atom. The first-order valence-corrected chi connectivity index (χ1v) is 47.0. The number of aromatic nitrogens is 12. The molecule has 0 bridgehead atoms. The topological polar surface area (TPSA) is 308 Å². The van der Waals surface area contributed by atoms with Crippen LogP contribution in [0.4, 0.5) is 17.1 Å². The normalized spacial score (nSPS) is 12.7. The van der Waals surface area contributed by atoms with Crippen LogP contribution >= 0.6 is 0 Å². The molecule has 654 valence electrons. The number of amides is 1. The number of H-pyrrole nitrogens is 3. The molecule has 11 rings (SSSR count). The van der Waals surface area contributed by atoms with Gasteiger partial charge in [-0.2, -0.15) is 13.0 Å². The van der Waals surface area contributed by atoms with Crippen molar-refractivity contribution >= 4 is 72.5 Å². The molecule has 0 saturated carbocycles. The van der Waals surface area contributed by atoms with Crippen molar-refractivity contribution in [1.82, 2.24) is 64.8 Å². The Kier molecular flexibility index (Phi) is 33.6. The summed E-state index contributed by atoms with van der Waals surface area (Å²) in [4.78, 5) is 17.0. The van der Waals surface area contributed by atoms with Crippen LogP contribution in [-0.4, -0.2) is 108 Å². The maximum absolute atomic E-state index is 14.0. The van der Waals surface area contributed by atoms with E-state index in [1.165, 1.54) is 103 Å². The van der Waals surface area contributed by atoms with Crippen molar-refractivity contribution in [3.63, 3.8) is 0 Å². The molecule has 28 heteroatoms. The fourth-order valence-corrected chi connectivity index (χ4v) is 15.3. The summed E-state index contributed by atoms with van der Waals surface area (Å²) in [5.41, 5.74) is 12.2. The molecule has 0 fully saturated rings. The second kappa shape index (κ2) is 42.8. The average molecular weight is 1700 g/mol. The molecule has 0 saturated heterocycles. The number of nitrogens with zero attached hydrogens (tertiary/aromatic N) is 9. The molecule has 120 heavy (non-hydrogen) atoms. The summed E-state index contributed by atoms with van der Waals surface area (Å²) < 4.78 is 89.9. The molecular formula is C92H134N16O9S3. The Balaban J connectivity index is 0.000000272. The number of ether oxygens (including phenoxy) is 2. The molecular weight excluding hydrogens is 1570 g/mol. The summed E-state index contributed by atoms with van der Waals surface area (Å²) in [5, 5.41) is 34.5. The highest BCUT2D eigenvalue weighted by molar-refractivity contribution is 7.92. The third kappa shape index (κ3) is 29.1. The van der Waals surface area contributed by atoms with E-state index in [0.29, 0.717) is 94.7 Å². The SMILES string of the molecule is CCCCCCCCCCCCOc1ccc(C(C)(C)C)cc1OS(=O)Nc1cc(NS(=O)Oc2cc(C(C)(C)C)ccc2OCCCCCCCCCCCC)cc(-c2nc3cc(C(C)(C)C)[nH]n3n2)c1.Cc1cc(NS(C)(=O)=O)cc(-c2nnc3cc(C(C)(C)C)[nH]n23)c1.Cc1cccc(C(=O)NCCc2nnc3cc(C(C)(C)C)[nH]n23)c1. The van der Waals surface area contributed by atoms with Gasteiger partial charge in [0.1, 0.15) is 0 Å². The van der Waals surface area contributed by atoms with Gasteiger partial charge in [0.25, 0.3) is 5.91 Å². The minimum atomic E-state index is -3.34. The molecule has 2 atom stereocenters. The Bertz CT molecular complexity index is 5140. The molecule has 1 amide bonds. The van der Waals surface area contributed by atoms with Crippen LogP contribution in [0.15, 0.2) is 115 Å². The molecule has 0 spiro atoms. The maximum atomic E-state index is 14.0. The minimum absolute atomic E-state index is 0.0252. The van der Waals surface area contributed by atoms with Gasteiger partial charge in [-0.1, -0.05) is 263 Å². The fourth-order valence-electron chi connectivity index (χ4n) is 13.5. The summed E-state index contributed by atoms with van der Waals surface area (Å²) in [6, 6.07) is 36.0. The van der Waals surface area contributed by atoms with E-state index < -0.39 is 32.6 Å². The molecule has 6 heterocycles. The zero-order valence-electron chi connectivity index (χ0n) is 74.9. The van der Waals surface area contributed by atoms with Gasteiger partial charge in [0.15, 0.2) is 57.4 Å². The van der Waals surface area contributed by atoms with Gasteiger partial charge < -0.3 is 23.2 Å². The van der Waals surface area contributed by atoms with Crippen LogP contribution < -0.4 is 37.3 Å². The summed E-state index contributed by atoms with van der Waals surface area (Å²) in [7, 11) is -3.34. The van der Waals surface area contributed by atoms with Crippen molar-refractivity contribution in [3.05, 3.63) is 166 Å². The smallest absolute Gasteiger partial charge is 0.316 e. The van der Waals surface area contributed by atoms with Crippen molar-refractivity contribution in [2.24, 2.45) is 0 Å². The number of carbonyl (C=O) groups excluding carboxylic acids is 1. The van der Waals surface area contributed by atoms with E-state index >= 15 is 0 Å². The predicted octanol–water partition coefficient (Wildman–Crippen LogP) is 21.7. The number of unbranched alkanes of at least 4 members (excludes halogenated alkanes) is 18. The molecule has 0 aliphatic heterocycles. The van der Waals surface area contributed by atoms with Crippen LogP contribution in [-0.2, 0) is 66.1 Å². The van der Waals surface area contributed by atoms with Crippen LogP contribution in [0, 0.1) is 13.8 Å². The standard InChI is InChI=1S/C58H90N6O6S2.C18H23N5O.C16H21N5O2S/c1-12-14-16-18-20-22-24-26-28-30-36-67-49-34-32-45(56(3,4)5)40-51(49)69-71(65)62-47-38-44(55-59-54-43-53(58(9,10)11)60-64(54)61-55)39-48(42-47)63-72(66)70-52-41-46(57(6,7)8)33-35-50(52)68-37-31-29-27-25-23-21-19-17-15-13-2;1-12-6-5-7-13(10-12)17(24)19-9-8-15-20-21-16-11-14(18(2,3)4)22-23(15)16;1-10-6-11(8-12(7-10)20-24(5,22)23)15-18-17-14-9-13(16(2,3)4)19-21(14)15/h32-35,38-43,60,62-63H,12-31,36-37H2,1-11H3;5-7,10-11,22H,8-9H2,1-4H3,(H,19,24);6-9,19-20H,1-5H3. The minimum Gasteiger partial charge on any atom is -0.490 e. The van der Waals surface area contributed by atoms with Crippen LogP contribution in [0.5, 0.6) is 23.0 Å². The Morgan fingerprint density at radius 1 is 0.458 bits per heavy atom. The quantitative estimate of drug-likeness (QED) is 0.0176. The van der Waals surface area contributed by atoms with Gasteiger partial charge in [-0.25, -0.2) is 22.4 Å². The molecule has 0 aliphatic carbocycles. The van der Waals surface area contributed by atoms with E-state index in [1.54, 1.807) is 35.0 Å². The first-order valence-electron chi connectivity index (χ1n) is 42.9. The van der Waals surface area contributed by atoms with Gasteiger partial charge in [0, 0.05) is 86.9 Å². The summed E-state index contributed by atoms with van der Waals surface area (Å²) in [5.74, 6) is 3.62. The molecule has 5 aromatic carbocycles. The van der Waals surface area contributed by atoms with Crippen molar-refractivity contribution in [2.75, 3.05) is 40.2 Å². The lowest BCUT2D eigenvalue weighted by Gasteiger charge is -2.21. The van der Waals surface area contributed by atoms with E-state index in [-0.39, 0.29) is 33.0 Å². The number of hydrogen-bond donors (Lipinski definition) is 7. The Hall–Kier alpha value is -9.54. The number of rotatable bonds is 40. The number of aryl methyl sites for hydroxylation is 2. The third-order valence-corrected chi connectivity index (χ3v) is 22.7. The third-order valence-electron chi connectivity index (χ3n) is 20.6. The number of anilines is 3. The van der Waals surface area contributed by atoms with Gasteiger partial charge in [-0.15, -0.1) is 25.5 Å². The van der Waals surface area contributed by atoms with Gasteiger partial charge in [-0.3, -0.25) is 34.3 Å².